The minimum Gasteiger partial charge on any atom is -0.396 e. The predicted octanol–water partition coefficient (Wildman–Crippen LogP) is 2.33. The van der Waals surface area contributed by atoms with Gasteiger partial charge in [-0.25, -0.2) is 0 Å². The second-order valence-corrected chi connectivity index (χ2v) is 2.49. The summed E-state index contributed by atoms with van der Waals surface area (Å²) in [6, 6.07) is 0. The van der Waals surface area contributed by atoms with Crippen molar-refractivity contribution in [2.75, 3.05) is 6.61 Å². The number of aliphatic hydroxyl groups excluding tert-OH is 1. The Labute approximate surface area is 90.7 Å². The fourth-order valence-electron chi connectivity index (χ4n) is 0.892. The molecule has 1 radical (unpaired) electrons. The van der Waals surface area contributed by atoms with Crippen LogP contribution in [0.3, 0.4) is 0 Å². The van der Waals surface area contributed by atoms with E-state index in [0.717, 1.165) is 6.42 Å². The quantitative estimate of drug-likeness (QED) is 0.568. The van der Waals surface area contributed by atoms with Crippen molar-refractivity contribution < 1.29 is 38.7 Å². The molecule has 0 aliphatic rings. The maximum Gasteiger partial charge on any atom is 0.0431 e. The van der Waals surface area contributed by atoms with Gasteiger partial charge in [-0.05, 0) is 6.42 Å². The van der Waals surface area contributed by atoms with Crippen molar-refractivity contribution in [2.24, 2.45) is 0 Å². The molecule has 0 saturated heterocycles. The molecule has 0 rings (SSSR count). The van der Waals surface area contributed by atoms with Crippen LogP contribution in [0.25, 0.3) is 0 Å². The molecule has 77 valence electrons. The van der Waals surface area contributed by atoms with Crippen LogP contribution < -0.4 is 0 Å². The normalized spacial score (nSPS) is 8.18. The minimum atomic E-state index is 0. The number of unbranched alkanes of at least 4 members (excludes halogenated alkanes) is 5. The van der Waals surface area contributed by atoms with E-state index < -0.39 is 0 Å². The van der Waals surface area contributed by atoms with Gasteiger partial charge in [-0.3, -0.25) is 0 Å². The third-order valence-corrected chi connectivity index (χ3v) is 1.51. The number of rotatable bonds is 6. The van der Waals surface area contributed by atoms with E-state index in [-0.39, 0.29) is 33.6 Å². The van der Waals surface area contributed by atoms with Gasteiger partial charge in [0.15, 0.2) is 0 Å². The van der Waals surface area contributed by atoms with Crippen molar-refractivity contribution >= 4 is 0 Å². The van der Waals surface area contributed by atoms with Crippen LogP contribution >= 0.6 is 0 Å². The van der Waals surface area contributed by atoms with Crippen molar-refractivity contribution in [3.05, 3.63) is 0 Å². The van der Waals surface area contributed by atoms with Crippen LogP contribution in [-0.2, 0) is 33.6 Å². The molecule has 0 aromatic heterocycles. The van der Waals surface area contributed by atoms with E-state index in [0.29, 0.717) is 6.61 Å². The Morgan fingerprint density at radius 3 is 1.82 bits per heavy atom. The largest absolute Gasteiger partial charge is 0.396 e. The number of aliphatic hydroxyl groups is 1. The van der Waals surface area contributed by atoms with Crippen molar-refractivity contribution in [2.45, 2.75) is 45.4 Å². The molecule has 11 heavy (non-hydrogen) atoms. The minimum absolute atomic E-state index is 0. The van der Waals surface area contributed by atoms with Gasteiger partial charge < -0.3 is 5.11 Å². The zero-order valence-corrected chi connectivity index (χ0v) is 8.94. The number of hydrogen-bond acceptors (Lipinski definition) is 1. The zero-order valence-electron chi connectivity index (χ0n) is 7.01. The second kappa shape index (κ2) is 17.2. The topological polar surface area (TPSA) is 20.2 Å². The molecule has 0 fully saturated rings. The van der Waals surface area contributed by atoms with E-state index in [1.165, 1.54) is 32.1 Å². The predicted molar refractivity (Wildman–Crippen MR) is 40.5 cm³/mol. The van der Waals surface area contributed by atoms with Crippen molar-refractivity contribution in [3.8, 4) is 0 Å². The Morgan fingerprint density at radius 1 is 0.909 bits per heavy atom. The van der Waals surface area contributed by atoms with Gasteiger partial charge in [0.05, 0.1) is 0 Å². The molecule has 0 aromatic rings. The molecule has 0 amide bonds. The summed E-state index contributed by atoms with van der Waals surface area (Å²) < 4.78 is 0. The standard InChI is InChI=1S/C8H18O.Cu.Ni/c1-2-3-4-5-6-7-8-9;;/h9H,2-8H2,1H3;;. The summed E-state index contributed by atoms with van der Waals surface area (Å²) in [4.78, 5) is 0. The number of hydrogen-bond donors (Lipinski definition) is 1. The van der Waals surface area contributed by atoms with Gasteiger partial charge in [-0.15, -0.1) is 0 Å². The molecule has 0 aliphatic heterocycles. The molecule has 0 atom stereocenters. The monoisotopic (exact) mass is 251 g/mol. The molecule has 0 saturated carbocycles. The summed E-state index contributed by atoms with van der Waals surface area (Å²) in [6.07, 6.45) is 7.50. The Balaban J connectivity index is -0.000000320. The molecule has 1 N–H and O–H groups in total. The average molecular weight is 252 g/mol. The van der Waals surface area contributed by atoms with Gasteiger partial charge in [0.1, 0.15) is 0 Å². The van der Waals surface area contributed by atoms with Crippen LogP contribution in [0.2, 0.25) is 0 Å². The maximum absolute atomic E-state index is 8.42. The molecular weight excluding hydrogens is 234 g/mol. The van der Waals surface area contributed by atoms with Crippen LogP contribution in [0.1, 0.15) is 45.4 Å². The Morgan fingerprint density at radius 2 is 1.36 bits per heavy atom. The van der Waals surface area contributed by atoms with Gasteiger partial charge >= 0.3 is 0 Å². The molecule has 0 heterocycles. The van der Waals surface area contributed by atoms with E-state index in [4.69, 9.17) is 5.11 Å². The van der Waals surface area contributed by atoms with E-state index >= 15 is 0 Å². The maximum atomic E-state index is 8.42. The molecular formula is C8H18CuNiO. The van der Waals surface area contributed by atoms with Crippen LogP contribution in [0.15, 0.2) is 0 Å². The first-order chi connectivity index (χ1) is 4.41. The summed E-state index contributed by atoms with van der Waals surface area (Å²) in [5, 5.41) is 8.42. The first-order valence-electron chi connectivity index (χ1n) is 4.02. The zero-order chi connectivity index (χ0) is 6.95. The van der Waals surface area contributed by atoms with Gasteiger partial charge in [0, 0.05) is 40.2 Å². The van der Waals surface area contributed by atoms with Crippen molar-refractivity contribution in [1.29, 1.82) is 0 Å². The molecule has 0 unspecified atom stereocenters. The summed E-state index contributed by atoms with van der Waals surface area (Å²) in [5.74, 6) is 0. The van der Waals surface area contributed by atoms with Crippen molar-refractivity contribution in [1.82, 2.24) is 0 Å². The van der Waals surface area contributed by atoms with Crippen LogP contribution in [0, 0.1) is 0 Å². The first-order valence-corrected chi connectivity index (χ1v) is 4.02. The first kappa shape index (κ1) is 17.9. The van der Waals surface area contributed by atoms with Gasteiger partial charge in [0.2, 0.25) is 0 Å². The van der Waals surface area contributed by atoms with Crippen LogP contribution in [0.4, 0.5) is 0 Å². The molecule has 0 aliphatic carbocycles. The fourth-order valence-corrected chi connectivity index (χ4v) is 0.892. The molecule has 0 spiro atoms. The van der Waals surface area contributed by atoms with Gasteiger partial charge in [0.25, 0.3) is 0 Å². The SMILES string of the molecule is CCCCCCCCO.[Cu].[Ni]. The summed E-state index contributed by atoms with van der Waals surface area (Å²) >= 11 is 0. The van der Waals surface area contributed by atoms with Crippen LogP contribution in [0.5, 0.6) is 0 Å². The van der Waals surface area contributed by atoms with Crippen LogP contribution in [-0.4, -0.2) is 11.7 Å². The second-order valence-electron chi connectivity index (χ2n) is 2.49. The molecule has 3 heteroatoms. The Hall–Kier alpha value is 0.973. The summed E-state index contributed by atoms with van der Waals surface area (Å²) in [6.45, 7) is 2.58. The van der Waals surface area contributed by atoms with Gasteiger partial charge in [-0.1, -0.05) is 39.0 Å². The smallest absolute Gasteiger partial charge is 0.0431 e. The molecule has 0 bridgehead atoms. The molecule has 0 aromatic carbocycles. The van der Waals surface area contributed by atoms with E-state index in [1.54, 1.807) is 0 Å². The third-order valence-electron chi connectivity index (χ3n) is 1.51. The summed E-state index contributed by atoms with van der Waals surface area (Å²) in [5.41, 5.74) is 0. The van der Waals surface area contributed by atoms with Gasteiger partial charge in [-0.2, -0.15) is 0 Å². The fraction of sp³-hybridized carbons (Fsp3) is 1.00. The van der Waals surface area contributed by atoms with Crippen molar-refractivity contribution in [3.63, 3.8) is 0 Å². The Kier molecular flexibility index (Phi) is 27.9. The van der Waals surface area contributed by atoms with E-state index in [2.05, 4.69) is 6.92 Å². The average Bonchev–Trinajstić information content (AvgIpc) is 1.89. The van der Waals surface area contributed by atoms with E-state index in [9.17, 15) is 0 Å². The molecule has 1 nitrogen and oxygen atoms in total. The Bertz CT molecular complexity index is 47.4. The summed E-state index contributed by atoms with van der Waals surface area (Å²) in [7, 11) is 0. The van der Waals surface area contributed by atoms with E-state index in [1.807, 2.05) is 0 Å². The third kappa shape index (κ3) is 18.2.